The third-order valence-electron chi connectivity index (χ3n) is 5.98. The minimum absolute atomic E-state index is 0.0427. The Labute approximate surface area is 180 Å². The van der Waals surface area contributed by atoms with Gasteiger partial charge in [0.2, 0.25) is 0 Å². The summed E-state index contributed by atoms with van der Waals surface area (Å²) in [4.78, 5) is 33.0. The van der Waals surface area contributed by atoms with Crippen LogP contribution in [0.2, 0.25) is 0 Å². The number of pyridine rings is 3. The highest BCUT2D eigenvalue weighted by Crippen LogP contribution is 2.24. The minimum Gasteiger partial charge on any atom is -0.357 e. The molecule has 0 amide bonds. The summed E-state index contributed by atoms with van der Waals surface area (Å²) in [5.74, 6) is 1.87. The highest BCUT2D eigenvalue weighted by atomic mass is 16.1. The van der Waals surface area contributed by atoms with E-state index in [1.165, 1.54) is 12.8 Å². The molecule has 1 fully saturated rings. The molecule has 0 bridgehead atoms. The number of anilines is 1. The Bertz CT molecular complexity index is 1270. The number of hydrogen-bond acceptors (Lipinski definition) is 6. The molecule has 0 atom stereocenters. The monoisotopic (exact) mass is 412 g/mol. The molecule has 0 N–H and O–H groups in total. The molecule has 4 aromatic heterocycles. The van der Waals surface area contributed by atoms with Crippen LogP contribution in [0.4, 0.5) is 5.82 Å². The zero-order valence-corrected chi connectivity index (χ0v) is 17.7. The van der Waals surface area contributed by atoms with Crippen molar-refractivity contribution in [3.05, 3.63) is 66.1 Å². The van der Waals surface area contributed by atoms with E-state index in [1.807, 2.05) is 43.1 Å². The van der Waals surface area contributed by atoms with Crippen molar-refractivity contribution in [1.82, 2.24) is 24.5 Å². The van der Waals surface area contributed by atoms with Crippen molar-refractivity contribution in [2.24, 2.45) is 7.05 Å². The lowest BCUT2D eigenvalue weighted by Gasteiger charge is -2.16. The summed E-state index contributed by atoms with van der Waals surface area (Å²) >= 11 is 0. The van der Waals surface area contributed by atoms with Gasteiger partial charge in [-0.1, -0.05) is 0 Å². The number of carbonyl (C=O) groups is 1. The van der Waals surface area contributed by atoms with Crippen molar-refractivity contribution in [2.45, 2.75) is 26.2 Å². The van der Waals surface area contributed by atoms with E-state index in [9.17, 15) is 4.79 Å². The van der Waals surface area contributed by atoms with E-state index in [0.717, 1.165) is 52.6 Å². The number of ketones is 1. The van der Waals surface area contributed by atoms with Crippen LogP contribution in [-0.4, -0.2) is 43.4 Å². The van der Waals surface area contributed by atoms with Crippen molar-refractivity contribution in [3.63, 3.8) is 0 Å². The molecule has 0 aliphatic carbocycles. The predicted molar refractivity (Wildman–Crippen MR) is 120 cm³/mol. The normalized spacial score (nSPS) is 13.8. The smallest absolute Gasteiger partial charge is 0.169 e. The molecule has 1 saturated heterocycles. The quantitative estimate of drug-likeness (QED) is 0.465. The van der Waals surface area contributed by atoms with Gasteiger partial charge < -0.3 is 9.47 Å². The molecular weight excluding hydrogens is 388 g/mol. The number of carbonyl (C=O) groups excluding carboxylic acids is 1. The molecule has 7 nitrogen and oxygen atoms in total. The van der Waals surface area contributed by atoms with E-state index in [1.54, 1.807) is 18.5 Å². The van der Waals surface area contributed by atoms with E-state index >= 15 is 0 Å². The van der Waals surface area contributed by atoms with Crippen molar-refractivity contribution in [2.75, 3.05) is 18.0 Å². The SMILES string of the molecule is Cc1ncc(-c2cnc3cnc(CC(=O)c4ccnc(N5CCCC5)c4)cc3c2)n1C. The average molecular weight is 412 g/mol. The number of nitrogens with zero attached hydrogens (tertiary/aromatic N) is 6. The van der Waals surface area contributed by atoms with Gasteiger partial charge in [0.1, 0.15) is 11.6 Å². The molecule has 7 heteroatoms. The van der Waals surface area contributed by atoms with Crippen LogP contribution in [0.25, 0.3) is 22.2 Å². The zero-order valence-electron chi connectivity index (χ0n) is 17.7. The highest BCUT2D eigenvalue weighted by Gasteiger charge is 2.16. The maximum Gasteiger partial charge on any atom is 0.169 e. The van der Waals surface area contributed by atoms with E-state index in [4.69, 9.17) is 0 Å². The molecule has 5 heterocycles. The molecule has 1 aliphatic rings. The minimum atomic E-state index is 0.0427. The summed E-state index contributed by atoms with van der Waals surface area (Å²) in [6.07, 6.45) is 9.74. The fourth-order valence-corrected chi connectivity index (χ4v) is 4.06. The van der Waals surface area contributed by atoms with Crippen LogP contribution in [0.5, 0.6) is 0 Å². The lowest BCUT2D eigenvalue weighted by atomic mass is 10.1. The Kier molecular flexibility index (Phi) is 4.94. The van der Waals surface area contributed by atoms with Crippen molar-refractivity contribution >= 4 is 22.5 Å². The van der Waals surface area contributed by atoms with Crippen LogP contribution in [0.1, 0.15) is 34.7 Å². The lowest BCUT2D eigenvalue weighted by molar-refractivity contribution is 0.0992. The van der Waals surface area contributed by atoms with Gasteiger partial charge in [0.05, 0.1) is 30.0 Å². The van der Waals surface area contributed by atoms with Gasteiger partial charge in [-0.05, 0) is 44.0 Å². The third kappa shape index (κ3) is 3.79. The van der Waals surface area contributed by atoms with Gasteiger partial charge in [0, 0.05) is 54.7 Å². The average Bonchev–Trinajstić information content (AvgIpc) is 3.44. The van der Waals surface area contributed by atoms with E-state index in [-0.39, 0.29) is 12.2 Å². The van der Waals surface area contributed by atoms with E-state index < -0.39 is 0 Å². The Hall–Kier alpha value is -3.61. The van der Waals surface area contributed by atoms with Crippen LogP contribution in [0, 0.1) is 6.92 Å². The molecule has 31 heavy (non-hydrogen) atoms. The van der Waals surface area contributed by atoms with Crippen LogP contribution in [0.15, 0.2) is 49.1 Å². The van der Waals surface area contributed by atoms with Gasteiger partial charge in [-0.15, -0.1) is 0 Å². The fourth-order valence-electron chi connectivity index (χ4n) is 4.06. The zero-order chi connectivity index (χ0) is 21.4. The Morgan fingerprint density at radius 1 is 1.00 bits per heavy atom. The molecule has 0 radical (unpaired) electrons. The van der Waals surface area contributed by atoms with Crippen molar-refractivity contribution in [1.29, 1.82) is 0 Å². The molecule has 0 unspecified atom stereocenters. The number of aromatic nitrogens is 5. The summed E-state index contributed by atoms with van der Waals surface area (Å²) in [7, 11) is 1.99. The van der Waals surface area contributed by atoms with E-state index in [0.29, 0.717) is 5.56 Å². The second-order valence-electron chi connectivity index (χ2n) is 8.04. The molecule has 0 spiro atoms. The summed E-state index contributed by atoms with van der Waals surface area (Å²) in [6, 6.07) is 7.72. The topological polar surface area (TPSA) is 76.8 Å². The first-order valence-electron chi connectivity index (χ1n) is 10.6. The Morgan fingerprint density at radius 3 is 2.61 bits per heavy atom. The molecule has 1 aliphatic heterocycles. The highest BCUT2D eigenvalue weighted by molar-refractivity contribution is 5.98. The van der Waals surface area contributed by atoms with E-state index in [2.05, 4.69) is 30.9 Å². The Morgan fingerprint density at radius 2 is 1.84 bits per heavy atom. The van der Waals surface area contributed by atoms with Crippen LogP contribution < -0.4 is 4.90 Å². The number of imidazole rings is 1. The van der Waals surface area contributed by atoms with Crippen LogP contribution in [0.3, 0.4) is 0 Å². The van der Waals surface area contributed by atoms with Gasteiger partial charge in [-0.3, -0.25) is 14.8 Å². The number of hydrogen-bond donors (Lipinski definition) is 0. The molecule has 5 rings (SSSR count). The molecule has 0 aromatic carbocycles. The second-order valence-corrected chi connectivity index (χ2v) is 8.04. The summed E-state index contributed by atoms with van der Waals surface area (Å²) < 4.78 is 2.04. The molecule has 156 valence electrons. The third-order valence-corrected chi connectivity index (χ3v) is 5.98. The molecular formula is C24H24N6O. The first kappa shape index (κ1) is 19.4. The van der Waals surface area contributed by atoms with Crippen molar-refractivity contribution < 1.29 is 4.79 Å². The first-order valence-corrected chi connectivity index (χ1v) is 10.6. The second kappa shape index (κ2) is 7.91. The summed E-state index contributed by atoms with van der Waals surface area (Å²) in [5.41, 5.74) is 4.21. The fraction of sp³-hybridized carbons (Fsp3) is 0.292. The van der Waals surface area contributed by atoms with Crippen molar-refractivity contribution in [3.8, 4) is 11.3 Å². The molecule has 0 saturated carbocycles. The lowest BCUT2D eigenvalue weighted by Crippen LogP contribution is -2.19. The summed E-state index contributed by atoms with van der Waals surface area (Å²) in [6.45, 7) is 3.98. The van der Waals surface area contributed by atoms with Crippen LogP contribution in [-0.2, 0) is 13.5 Å². The predicted octanol–water partition coefficient (Wildman–Crippen LogP) is 3.76. The maximum atomic E-state index is 12.9. The first-order chi connectivity index (χ1) is 15.1. The number of rotatable bonds is 5. The van der Waals surface area contributed by atoms with Gasteiger partial charge >= 0.3 is 0 Å². The molecule has 4 aromatic rings. The Balaban J connectivity index is 1.40. The number of aryl methyl sites for hydroxylation is 1. The van der Waals surface area contributed by atoms with Gasteiger partial charge in [0.25, 0.3) is 0 Å². The van der Waals surface area contributed by atoms with Gasteiger partial charge in [-0.25, -0.2) is 9.97 Å². The maximum absolute atomic E-state index is 12.9. The largest absolute Gasteiger partial charge is 0.357 e. The number of Topliss-reactive ketones (excluding diaryl/α,β-unsaturated/α-hetero) is 1. The summed E-state index contributed by atoms with van der Waals surface area (Å²) in [5, 5.41) is 0.960. The van der Waals surface area contributed by atoms with Gasteiger partial charge in [-0.2, -0.15) is 0 Å². The van der Waals surface area contributed by atoms with Crippen LogP contribution >= 0.6 is 0 Å². The number of fused-ring (bicyclic) bond motifs is 1. The standard InChI is InChI=1S/C24H24N6O/c1-16-26-15-22(29(16)2)19-9-18-10-20(27-14-21(18)28-13-19)12-23(31)17-5-6-25-24(11-17)30-7-3-4-8-30/h5-6,9-11,13-15H,3-4,7-8,12H2,1-2H3. The van der Waals surface area contributed by atoms with Gasteiger partial charge in [0.15, 0.2) is 5.78 Å².